The maximum atomic E-state index is 14.6. The summed E-state index contributed by atoms with van der Waals surface area (Å²) in [6, 6.07) is 19.7. The molecule has 1 N–H and O–H groups in total. The third-order valence-electron chi connectivity index (χ3n) is 8.47. The Morgan fingerprint density at radius 2 is 1.73 bits per heavy atom. The molecule has 0 saturated carbocycles. The van der Waals surface area contributed by atoms with Gasteiger partial charge in [-0.1, -0.05) is 60.5 Å². The van der Waals surface area contributed by atoms with Crippen molar-refractivity contribution in [1.82, 2.24) is 14.2 Å². The van der Waals surface area contributed by atoms with Crippen LogP contribution in [0.2, 0.25) is 10.0 Å². The highest BCUT2D eigenvalue weighted by atomic mass is 35.5. The number of piperidine rings is 1. The predicted octanol–water partition coefficient (Wildman–Crippen LogP) is 5.80. The Balaban J connectivity index is 1.59. The van der Waals surface area contributed by atoms with Crippen molar-refractivity contribution < 1.29 is 13.2 Å². The average Bonchev–Trinajstić information content (AvgIpc) is 3.26. The molecule has 3 heterocycles. The van der Waals surface area contributed by atoms with Crippen LogP contribution < -0.4 is 5.56 Å². The van der Waals surface area contributed by atoms with E-state index in [2.05, 4.69) is 4.98 Å². The molecule has 2 fully saturated rings. The first-order chi connectivity index (χ1) is 19.5. The molecule has 2 aromatic carbocycles. The number of aromatic amines is 1. The molecule has 0 radical (unpaired) electrons. The Hall–Kier alpha value is -2.65. The van der Waals surface area contributed by atoms with Crippen LogP contribution in [0.5, 0.6) is 0 Å². The largest absolute Gasteiger partial charge is 0.332 e. The molecule has 2 saturated heterocycles. The molecule has 4 atom stereocenters. The van der Waals surface area contributed by atoms with E-state index in [1.807, 2.05) is 73.3 Å². The van der Waals surface area contributed by atoms with E-state index in [9.17, 15) is 18.0 Å². The van der Waals surface area contributed by atoms with E-state index < -0.39 is 15.4 Å². The second-order valence-electron chi connectivity index (χ2n) is 11.6. The highest BCUT2D eigenvalue weighted by Gasteiger charge is 2.51. The van der Waals surface area contributed by atoms with E-state index >= 15 is 0 Å². The molecule has 218 valence electrons. The van der Waals surface area contributed by atoms with Crippen molar-refractivity contribution in [2.45, 2.75) is 57.5 Å². The lowest BCUT2D eigenvalue weighted by molar-refractivity contribution is -0.154. The van der Waals surface area contributed by atoms with Crippen molar-refractivity contribution in [3.63, 3.8) is 0 Å². The van der Waals surface area contributed by atoms with Gasteiger partial charge in [0.25, 0.3) is 0 Å². The van der Waals surface area contributed by atoms with E-state index in [4.69, 9.17) is 23.2 Å². The van der Waals surface area contributed by atoms with Crippen LogP contribution in [0.25, 0.3) is 0 Å². The predicted molar refractivity (Wildman–Crippen MR) is 163 cm³/mol. The summed E-state index contributed by atoms with van der Waals surface area (Å²) in [5.74, 6) is 0.0184. The maximum Gasteiger partial charge on any atom is 0.248 e. The number of amides is 1. The molecule has 1 aromatic heterocycles. The number of rotatable bonds is 8. The van der Waals surface area contributed by atoms with Gasteiger partial charge in [-0.2, -0.15) is 0 Å². The molecule has 3 aromatic rings. The first-order valence-corrected chi connectivity index (χ1v) is 16.3. The number of H-pyrrole nitrogens is 1. The first-order valence-electron chi connectivity index (χ1n) is 14.0. The second-order valence-corrected chi connectivity index (χ2v) is 14.5. The number of carbonyl (C=O) groups is 1. The SMILES string of the molecule is C[C@@H](CCN1CCCS1(=O)=O)N1C(=O)[C@](C)(Cc2cccc(=O)[nH]2)C[C@H](c2cccc(Cl)c2)[C@H]1c1ccc(Cl)cc1. The van der Waals surface area contributed by atoms with Crippen molar-refractivity contribution in [3.05, 3.63) is 104 Å². The van der Waals surface area contributed by atoms with Crippen LogP contribution in [0.4, 0.5) is 0 Å². The van der Waals surface area contributed by atoms with Gasteiger partial charge >= 0.3 is 0 Å². The summed E-state index contributed by atoms with van der Waals surface area (Å²) in [5.41, 5.74) is 1.60. The standard InChI is InChI=1S/C31H35Cl2N3O4S/c1-21(14-16-35-15-5-17-41(35,39)40)36-29(22-10-12-24(32)13-11-22)27(23-6-3-7-25(33)18-23)20-31(2,30(36)38)19-26-8-4-9-28(37)34-26/h3-4,6-13,18,21,27,29H,5,14-17,19-20H2,1-2H3,(H,34,37)/t21-,27+,29+,31+/m0/s1. The van der Waals surface area contributed by atoms with Gasteiger partial charge in [0.15, 0.2) is 0 Å². The number of nitrogens with zero attached hydrogens (tertiary/aromatic N) is 2. The lowest BCUT2D eigenvalue weighted by Gasteiger charge is -2.52. The number of carbonyl (C=O) groups excluding carboxylic acids is 1. The number of aromatic nitrogens is 1. The summed E-state index contributed by atoms with van der Waals surface area (Å²) in [6.45, 7) is 4.81. The quantitative estimate of drug-likeness (QED) is 0.347. The van der Waals surface area contributed by atoms with E-state index in [0.29, 0.717) is 54.5 Å². The van der Waals surface area contributed by atoms with Crippen molar-refractivity contribution in [2.24, 2.45) is 5.41 Å². The molecule has 1 amide bonds. The Labute approximate surface area is 251 Å². The minimum Gasteiger partial charge on any atom is -0.332 e. The van der Waals surface area contributed by atoms with E-state index in [0.717, 1.165) is 11.1 Å². The Bertz CT molecular complexity index is 1580. The fourth-order valence-corrected chi connectivity index (χ4v) is 8.33. The summed E-state index contributed by atoms with van der Waals surface area (Å²) in [5, 5.41) is 1.22. The molecular weight excluding hydrogens is 581 g/mol. The highest BCUT2D eigenvalue weighted by Crippen LogP contribution is 2.52. The van der Waals surface area contributed by atoms with Gasteiger partial charge in [0.05, 0.1) is 17.2 Å². The number of pyridine rings is 1. The number of halogens is 2. The van der Waals surface area contributed by atoms with Crippen LogP contribution in [0, 0.1) is 5.41 Å². The molecule has 5 rings (SSSR count). The Morgan fingerprint density at radius 1 is 1.00 bits per heavy atom. The summed E-state index contributed by atoms with van der Waals surface area (Å²) < 4.78 is 26.6. The first kappa shape index (κ1) is 29.8. The number of benzene rings is 2. The van der Waals surface area contributed by atoms with Gasteiger partial charge in [0, 0.05) is 53.3 Å². The van der Waals surface area contributed by atoms with Crippen LogP contribution in [0.1, 0.15) is 61.9 Å². The third kappa shape index (κ3) is 6.41. The van der Waals surface area contributed by atoms with Crippen molar-refractivity contribution in [1.29, 1.82) is 0 Å². The minimum atomic E-state index is -3.26. The van der Waals surface area contributed by atoms with Gasteiger partial charge in [-0.25, -0.2) is 12.7 Å². The minimum absolute atomic E-state index is 0.0304. The zero-order valence-electron chi connectivity index (χ0n) is 23.2. The fraction of sp³-hybridized carbons (Fsp3) is 0.419. The molecule has 0 bridgehead atoms. The van der Waals surface area contributed by atoms with Crippen molar-refractivity contribution in [3.8, 4) is 0 Å². The van der Waals surface area contributed by atoms with Gasteiger partial charge in [0.1, 0.15) is 0 Å². The number of sulfonamides is 1. The van der Waals surface area contributed by atoms with Crippen LogP contribution in [0.15, 0.2) is 71.5 Å². The van der Waals surface area contributed by atoms with Gasteiger partial charge in [-0.15, -0.1) is 0 Å². The Kier molecular flexibility index (Phi) is 8.67. The zero-order chi connectivity index (χ0) is 29.4. The normalized spacial score (nSPS) is 25.4. The highest BCUT2D eigenvalue weighted by molar-refractivity contribution is 7.89. The van der Waals surface area contributed by atoms with Crippen LogP contribution >= 0.6 is 23.2 Å². The summed E-state index contributed by atoms with van der Waals surface area (Å²) in [6.07, 6.45) is 2.00. The maximum absolute atomic E-state index is 14.6. The van der Waals surface area contributed by atoms with Crippen molar-refractivity contribution in [2.75, 3.05) is 18.8 Å². The van der Waals surface area contributed by atoms with E-state index in [1.54, 1.807) is 6.07 Å². The van der Waals surface area contributed by atoms with Crippen LogP contribution in [-0.2, 0) is 21.2 Å². The Morgan fingerprint density at radius 3 is 2.39 bits per heavy atom. The molecule has 7 nitrogen and oxygen atoms in total. The van der Waals surface area contributed by atoms with Gasteiger partial charge in [-0.3, -0.25) is 9.59 Å². The van der Waals surface area contributed by atoms with Crippen LogP contribution in [0.3, 0.4) is 0 Å². The smallest absolute Gasteiger partial charge is 0.248 e. The molecule has 2 aliphatic rings. The molecular formula is C31H35Cl2N3O4S. The topological polar surface area (TPSA) is 90.6 Å². The van der Waals surface area contributed by atoms with Crippen LogP contribution in [-0.4, -0.2) is 53.4 Å². The number of nitrogens with one attached hydrogen (secondary N) is 1. The summed E-state index contributed by atoms with van der Waals surface area (Å²) in [4.78, 5) is 31.6. The lowest BCUT2D eigenvalue weighted by atomic mass is 9.66. The molecule has 10 heteroatoms. The number of hydrogen-bond acceptors (Lipinski definition) is 4. The van der Waals surface area contributed by atoms with Gasteiger partial charge in [-0.05, 0) is 67.6 Å². The van der Waals surface area contributed by atoms with E-state index in [1.165, 1.54) is 10.4 Å². The average molecular weight is 617 g/mol. The monoisotopic (exact) mass is 615 g/mol. The number of likely N-dealkylation sites (tertiary alicyclic amines) is 1. The summed E-state index contributed by atoms with van der Waals surface area (Å²) in [7, 11) is -3.26. The third-order valence-corrected chi connectivity index (χ3v) is 10.9. The van der Waals surface area contributed by atoms with Gasteiger partial charge in [0.2, 0.25) is 21.5 Å². The molecule has 0 unspecified atom stereocenters. The molecule has 2 aliphatic heterocycles. The fourth-order valence-electron chi connectivity index (χ4n) is 6.46. The summed E-state index contributed by atoms with van der Waals surface area (Å²) >= 11 is 12.7. The molecule has 0 spiro atoms. The van der Waals surface area contributed by atoms with E-state index in [-0.39, 0.29) is 35.2 Å². The molecule has 41 heavy (non-hydrogen) atoms. The lowest BCUT2D eigenvalue weighted by Crippen LogP contribution is -2.56. The second kappa shape index (κ2) is 11.9. The van der Waals surface area contributed by atoms with Crippen molar-refractivity contribution >= 4 is 39.1 Å². The number of hydrogen-bond donors (Lipinski definition) is 1. The zero-order valence-corrected chi connectivity index (χ0v) is 25.6. The van der Waals surface area contributed by atoms with Gasteiger partial charge < -0.3 is 9.88 Å². The molecule has 0 aliphatic carbocycles.